The predicted octanol–water partition coefficient (Wildman–Crippen LogP) is 4.69. The van der Waals surface area contributed by atoms with Crippen LogP contribution in [0.1, 0.15) is 31.2 Å². The van der Waals surface area contributed by atoms with Gasteiger partial charge in [0.25, 0.3) is 0 Å². The Morgan fingerprint density at radius 1 is 0.891 bits per heavy atom. The van der Waals surface area contributed by atoms with Gasteiger partial charge in [-0.1, -0.05) is 12.1 Å². The van der Waals surface area contributed by atoms with Gasteiger partial charge in [0, 0.05) is 95.4 Å². The number of hydrogen-bond acceptors (Lipinski definition) is 12. The number of nitrogens with zero attached hydrogens (tertiary/aromatic N) is 8. The Kier molecular flexibility index (Phi) is 15.1. The average Bonchev–Trinajstić information content (AvgIpc) is 3.18. The summed E-state index contributed by atoms with van der Waals surface area (Å²) in [5.41, 5.74) is 3.85. The van der Waals surface area contributed by atoms with Crippen molar-refractivity contribution in [3.8, 4) is 11.3 Å². The molecule has 9 rings (SSSR count). The van der Waals surface area contributed by atoms with E-state index in [0.717, 1.165) is 93.5 Å². The number of benzene rings is 1. The molecule has 0 N–H and O–H groups in total. The summed E-state index contributed by atoms with van der Waals surface area (Å²) in [6.45, 7) is 8.26. The summed E-state index contributed by atoms with van der Waals surface area (Å²) in [4.78, 5) is 38.8. The first-order valence-electron chi connectivity index (χ1n) is 19.7. The fraction of sp³-hybridized carbons (Fsp3) is 0.610. The summed E-state index contributed by atoms with van der Waals surface area (Å²) in [6.07, 6.45) is 14.5. The molecule has 0 radical (unpaired) electrons. The molecule has 4 atom stereocenters. The van der Waals surface area contributed by atoms with Gasteiger partial charge in [0.1, 0.15) is 12.5 Å². The summed E-state index contributed by atoms with van der Waals surface area (Å²) in [7, 11) is 3.25. The van der Waals surface area contributed by atoms with Crippen molar-refractivity contribution in [2.75, 3.05) is 127 Å². The van der Waals surface area contributed by atoms with Crippen molar-refractivity contribution in [2.45, 2.75) is 44.6 Å². The smallest absolute Gasteiger partial charge is 0.236 e. The van der Waals surface area contributed by atoms with E-state index in [9.17, 15) is 4.79 Å². The highest BCUT2D eigenvalue weighted by molar-refractivity contribution is 8.32. The number of carbonyl (C=O) groups excluding carboxylic acids is 1. The molecule has 8 bridgehead atoms. The van der Waals surface area contributed by atoms with Crippen LogP contribution in [0, 0.1) is 0 Å². The Morgan fingerprint density at radius 3 is 2.56 bits per heavy atom. The van der Waals surface area contributed by atoms with E-state index in [0.29, 0.717) is 52.2 Å². The van der Waals surface area contributed by atoms with E-state index in [1.54, 1.807) is 0 Å². The van der Waals surface area contributed by atoms with Gasteiger partial charge in [0.15, 0.2) is 6.29 Å². The van der Waals surface area contributed by atoms with Crippen LogP contribution in [0.25, 0.3) is 11.3 Å². The van der Waals surface area contributed by atoms with Crippen molar-refractivity contribution in [1.29, 1.82) is 0 Å². The highest BCUT2D eigenvalue weighted by atomic mass is 32.3. The monoisotopic (exact) mass is 778 g/mol. The van der Waals surface area contributed by atoms with Crippen LogP contribution in [0.4, 0.5) is 17.5 Å². The Bertz CT molecular complexity index is 1640. The molecule has 3 aromatic rings. The number of piperazine rings is 1. The van der Waals surface area contributed by atoms with Crippen LogP contribution in [0.5, 0.6) is 0 Å². The molecule has 55 heavy (non-hydrogen) atoms. The molecule has 4 unspecified atom stereocenters. The minimum absolute atomic E-state index is 0.105. The summed E-state index contributed by atoms with van der Waals surface area (Å²) in [6, 6.07) is 14.7. The number of hydrogen-bond donors (Lipinski definition) is 0. The molecule has 0 aliphatic carbocycles. The molecule has 1 amide bonds. The quantitative estimate of drug-likeness (QED) is 0.252. The summed E-state index contributed by atoms with van der Waals surface area (Å²) >= 11 is 0. The maximum atomic E-state index is 13.4. The molecule has 302 valence electrons. The van der Waals surface area contributed by atoms with E-state index in [-0.39, 0.29) is 18.2 Å². The number of anilines is 3. The lowest BCUT2D eigenvalue weighted by atomic mass is 10.1. The maximum absolute atomic E-state index is 13.4. The second-order valence-corrected chi connectivity index (χ2v) is 20.4. The molecular weight excluding hydrogens is 717 g/mol. The lowest BCUT2D eigenvalue weighted by molar-refractivity contribution is -0.170. The Hall–Kier alpha value is -3.37. The first-order valence-corrected chi connectivity index (χ1v) is 22.8. The number of pyridine rings is 1. The lowest BCUT2D eigenvalue weighted by Crippen LogP contribution is -2.56. The first kappa shape index (κ1) is 41.3. The van der Waals surface area contributed by atoms with Crippen LogP contribution in [-0.4, -0.2) is 166 Å². The van der Waals surface area contributed by atoms with Crippen molar-refractivity contribution in [3.05, 3.63) is 60.4 Å². The highest BCUT2D eigenvalue weighted by Crippen LogP contribution is 2.34. The number of amides is 1. The fourth-order valence-electron chi connectivity index (χ4n) is 7.04. The minimum atomic E-state index is -0.700. The average molecular weight is 779 g/mol. The third-order valence-corrected chi connectivity index (χ3v) is 11.8. The summed E-state index contributed by atoms with van der Waals surface area (Å²) in [5, 5.41) is 0. The van der Waals surface area contributed by atoms with Gasteiger partial charge >= 0.3 is 0 Å². The zero-order chi connectivity index (χ0) is 38.6. The highest BCUT2D eigenvalue weighted by Gasteiger charge is 2.29. The summed E-state index contributed by atoms with van der Waals surface area (Å²) < 4.78 is 24.3. The third kappa shape index (κ3) is 12.6. The van der Waals surface area contributed by atoms with Crippen LogP contribution in [0.2, 0.25) is 0 Å². The SMILES string of the molecule is CN1CCCN(C)c2ccc(cn2)-c2ccnc(n2)N(COCCS(C)(C)C)c2cccc(c2)CN2CCN(CC1=O)CC2COCCOC1CCCCO1. The van der Waals surface area contributed by atoms with E-state index in [1.165, 1.54) is 5.56 Å². The molecule has 2 fully saturated rings. The Balaban J connectivity index is 1.24. The Labute approximate surface area is 329 Å². The van der Waals surface area contributed by atoms with Gasteiger partial charge in [0.2, 0.25) is 11.9 Å². The summed E-state index contributed by atoms with van der Waals surface area (Å²) in [5.74, 6) is 2.61. The second kappa shape index (κ2) is 20.2. The molecule has 6 aliphatic rings. The number of carbonyl (C=O) groups is 1. The number of rotatable bonds is 11. The van der Waals surface area contributed by atoms with E-state index in [4.69, 9.17) is 33.9 Å². The molecule has 2 aromatic heterocycles. The van der Waals surface area contributed by atoms with E-state index in [1.807, 2.05) is 43.5 Å². The Morgan fingerprint density at radius 2 is 1.76 bits per heavy atom. The van der Waals surface area contributed by atoms with Gasteiger partial charge in [-0.2, -0.15) is 0 Å². The zero-order valence-corrected chi connectivity index (χ0v) is 34.4. The van der Waals surface area contributed by atoms with Crippen molar-refractivity contribution in [3.63, 3.8) is 0 Å². The van der Waals surface area contributed by atoms with Crippen molar-refractivity contribution in [2.24, 2.45) is 0 Å². The van der Waals surface area contributed by atoms with Gasteiger partial charge in [0.05, 0.1) is 38.7 Å². The second-order valence-electron chi connectivity index (χ2n) is 15.8. The van der Waals surface area contributed by atoms with Crippen LogP contribution in [0.3, 0.4) is 0 Å². The topological polar surface area (TPSA) is 109 Å². The molecule has 0 saturated carbocycles. The van der Waals surface area contributed by atoms with Gasteiger partial charge in [-0.25, -0.2) is 25.0 Å². The molecule has 2 saturated heterocycles. The fourth-order valence-corrected chi connectivity index (χ4v) is 7.65. The molecule has 0 spiro atoms. The molecule has 8 heterocycles. The third-order valence-electron chi connectivity index (χ3n) is 10.4. The largest absolute Gasteiger partial charge is 0.377 e. The number of aromatic nitrogens is 3. The number of ether oxygens (including phenoxy) is 4. The molecule has 13 nitrogen and oxygen atoms in total. The van der Waals surface area contributed by atoms with Crippen LogP contribution < -0.4 is 9.80 Å². The van der Waals surface area contributed by atoms with Crippen LogP contribution in [0.15, 0.2) is 54.9 Å². The van der Waals surface area contributed by atoms with E-state index < -0.39 is 10.0 Å². The van der Waals surface area contributed by atoms with Crippen molar-refractivity contribution < 1.29 is 23.7 Å². The maximum Gasteiger partial charge on any atom is 0.236 e. The molecule has 1 aromatic carbocycles. The molecule has 14 heteroatoms. The van der Waals surface area contributed by atoms with Gasteiger partial charge in [-0.15, -0.1) is 0 Å². The molecule has 6 aliphatic heterocycles. The van der Waals surface area contributed by atoms with E-state index in [2.05, 4.69) is 68.7 Å². The van der Waals surface area contributed by atoms with Crippen molar-refractivity contribution >= 4 is 33.4 Å². The standard InChI is InChI=1S/C41H62N8O5S/c1-45-17-9-18-46(2)39(50)30-47-19-20-48(36(29-47)31-51-22-23-54-40-12-6-7-21-53-40)28-33-10-8-11-35(26-33)49(32-52-24-25-55(3,4)5)41-42-16-15-37(44-41)34-13-14-38(45)43-27-34/h8,10-11,13-16,26-27,36,40H,6-7,9,12,17-25,28-32H2,1-5H3. The zero-order valence-electron chi connectivity index (χ0n) is 33.6. The minimum Gasteiger partial charge on any atom is -0.377 e. The van der Waals surface area contributed by atoms with Crippen LogP contribution >= 0.6 is 10.0 Å². The normalized spacial score (nSPS) is 23.3. The first-order chi connectivity index (χ1) is 26.6. The van der Waals surface area contributed by atoms with E-state index >= 15 is 0 Å². The van der Waals surface area contributed by atoms with Gasteiger partial charge in [-0.05, 0) is 80.3 Å². The molecular formula is C41H62N8O5S. The predicted molar refractivity (Wildman–Crippen MR) is 221 cm³/mol. The van der Waals surface area contributed by atoms with Gasteiger partial charge < -0.3 is 28.7 Å². The van der Waals surface area contributed by atoms with Crippen LogP contribution in [-0.2, 0) is 30.3 Å². The van der Waals surface area contributed by atoms with Gasteiger partial charge in [-0.3, -0.25) is 19.5 Å². The lowest BCUT2D eigenvalue weighted by Gasteiger charge is -2.41. The van der Waals surface area contributed by atoms with Crippen molar-refractivity contribution in [1.82, 2.24) is 29.7 Å². The number of likely N-dealkylation sites (N-methyl/N-ethyl adjacent to an activating group) is 1.